The summed E-state index contributed by atoms with van der Waals surface area (Å²) in [5, 5.41) is 13.1. The molecule has 4 aliphatic rings. The number of allylic oxidation sites excluding steroid dienone is 2. The zero-order valence-electron chi connectivity index (χ0n) is 17.2. The fourth-order valence-electron chi connectivity index (χ4n) is 5.89. The second-order valence-corrected chi connectivity index (χ2v) is 10.0. The third kappa shape index (κ3) is 2.39. The Labute approximate surface area is 193 Å². The van der Waals surface area contributed by atoms with Crippen LogP contribution in [0.2, 0.25) is 0 Å². The minimum Gasteiger partial charge on any atom is -0.508 e. The lowest BCUT2D eigenvalue weighted by molar-refractivity contribution is -0.138. The SMILES string of the molecule is COc1ccc(O)c([C@H]2C3=CC[C@@H]4C(=O)NC(=O)[C@@H]4[C@@H]3C[C@@]3(Cl)C(=O)N(C)C(=O)[C@@]23Cl)c1. The highest BCUT2D eigenvalue weighted by molar-refractivity contribution is 6.53. The van der Waals surface area contributed by atoms with Gasteiger partial charge in [-0.05, 0) is 37.0 Å². The molecule has 0 spiro atoms. The number of phenolic OH excluding ortho intramolecular Hbond substituents is 1. The molecule has 1 aromatic carbocycles. The predicted molar refractivity (Wildman–Crippen MR) is 113 cm³/mol. The Hall–Kier alpha value is -2.58. The van der Waals surface area contributed by atoms with Crippen LogP contribution in [-0.2, 0) is 19.2 Å². The molecule has 0 bridgehead atoms. The van der Waals surface area contributed by atoms with E-state index in [4.69, 9.17) is 27.9 Å². The van der Waals surface area contributed by atoms with E-state index < -0.39 is 51.1 Å². The van der Waals surface area contributed by atoms with Crippen LogP contribution in [0.25, 0.3) is 0 Å². The normalized spacial score (nSPS) is 38.1. The second kappa shape index (κ2) is 6.71. The van der Waals surface area contributed by atoms with Crippen molar-refractivity contribution in [1.82, 2.24) is 10.2 Å². The Morgan fingerprint density at radius 2 is 1.84 bits per heavy atom. The number of amides is 4. The van der Waals surface area contributed by atoms with Gasteiger partial charge in [-0.15, -0.1) is 23.2 Å². The standard InChI is InChI=1S/C22H20Cl2N2O6/c1-26-19(30)21(23)8-13-10(4-5-11-15(13)18(29)25-17(11)28)16(22(21,24)20(26)31)12-7-9(32-2)3-6-14(12)27/h3-4,6-7,11,13,15-16,27H,5,8H2,1-2H3,(H,25,28,29)/t11-,13+,15-,16+,21+,22-/m0/s1. The number of ether oxygens (including phenoxy) is 1. The number of hydrogen-bond donors (Lipinski definition) is 2. The van der Waals surface area contributed by atoms with Crippen LogP contribution in [0.1, 0.15) is 24.3 Å². The Bertz CT molecular complexity index is 1140. The Morgan fingerprint density at radius 1 is 1.12 bits per heavy atom. The van der Waals surface area contributed by atoms with E-state index in [0.717, 1.165) is 4.90 Å². The van der Waals surface area contributed by atoms with E-state index in [1.165, 1.54) is 20.2 Å². The van der Waals surface area contributed by atoms with Crippen LogP contribution in [0.3, 0.4) is 0 Å². The van der Waals surface area contributed by atoms with Crippen molar-refractivity contribution in [3.8, 4) is 11.5 Å². The van der Waals surface area contributed by atoms with E-state index in [-0.39, 0.29) is 30.1 Å². The maximum Gasteiger partial charge on any atom is 0.253 e. The number of nitrogens with one attached hydrogen (secondary N) is 1. The number of rotatable bonds is 2. The van der Waals surface area contributed by atoms with Gasteiger partial charge in [0.05, 0.1) is 18.9 Å². The molecule has 8 nitrogen and oxygen atoms in total. The maximum absolute atomic E-state index is 13.4. The molecule has 2 saturated heterocycles. The third-order valence-electron chi connectivity index (χ3n) is 7.40. The van der Waals surface area contributed by atoms with Crippen LogP contribution in [-0.4, -0.2) is 57.5 Å². The number of hydrogen-bond acceptors (Lipinski definition) is 6. The fraction of sp³-hybridized carbons (Fsp3) is 0.455. The lowest BCUT2D eigenvalue weighted by Gasteiger charge is -2.50. The lowest BCUT2D eigenvalue weighted by atomic mass is 9.56. The molecule has 4 amide bonds. The molecule has 2 aliphatic carbocycles. The lowest BCUT2D eigenvalue weighted by Crippen LogP contribution is -2.60. The van der Waals surface area contributed by atoms with Gasteiger partial charge in [0.15, 0.2) is 9.75 Å². The van der Waals surface area contributed by atoms with Crippen molar-refractivity contribution in [3.63, 3.8) is 0 Å². The molecule has 3 fully saturated rings. The van der Waals surface area contributed by atoms with Crippen LogP contribution < -0.4 is 10.1 Å². The highest BCUT2D eigenvalue weighted by atomic mass is 35.5. The average molecular weight is 479 g/mol. The Balaban J connectivity index is 1.78. The Morgan fingerprint density at radius 3 is 2.53 bits per heavy atom. The van der Waals surface area contributed by atoms with Gasteiger partial charge in [-0.1, -0.05) is 11.6 Å². The molecule has 10 heteroatoms. The first-order chi connectivity index (χ1) is 15.1. The molecule has 5 rings (SSSR count). The van der Waals surface area contributed by atoms with E-state index in [9.17, 15) is 24.3 Å². The molecule has 6 atom stereocenters. The van der Waals surface area contributed by atoms with Crippen LogP contribution in [0.15, 0.2) is 29.8 Å². The third-order valence-corrected chi connectivity index (χ3v) is 8.82. The van der Waals surface area contributed by atoms with Gasteiger partial charge >= 0.3 is 0 Å². The van der Waals surface area contributed by atoms with Gasteiger partial charge in [0.25, 0.3) is 11.8 Å². The van der Waals surface area contributed by atoms with E-state index in [1.54, 1.807) is 18.2 Å². The largest absolute Gasteiger partial charge is 0.508 e. The Kier molecular flexibility index (Phi) is 4.46. The number of fused-ring (bicyclic) bond motifs is 4. The number of likely N-dealkylation sites (tertiary alicyclic amines) is 1. The topological polar surface area (TPSA) is 113 Å². The molecule has 0 unspecified atom stereocenters. The van der Waals surface area contributed by atoms with Crippen LogP contribution in [0.5, 0.6) is 11.5 Å². The molecular weight excluding hydrogens is 459 g/mol. The van der Waals surface area contributed by atoms with Crippen LogP contribution >= 0.6 is 23.2 Å². The van der Waals surface area contributed by atoms with Crippen molar-refractivity contribution in [3.05, 3.63) is 35.4 Å². The van der Waals surface area contributed by atoms with Crippen LogP contribution in [0, 0.1) is 17.8 Å². The van der Waals surface area contributed by atoms with Gasteiger partial charge in [-0.25, -0.2) is 0 Å². The molecule has 1 aromatic rings. The number of carbonyl (C=O) groups excluding carboxylic acids is 4. The van der Waals surface area contributed by atoms with Crippen LogP contribution in [0.4, 0.5) is 0 Å². The number of aromatic hydroxyl groups is 1. The summed E-state index contributed by atoms with van der Waals surface area (Å²) < 4.78 is 5.30. The molecule has 32 heavy (non-hydrogen) atoms. The van der Waals surface area contributed by atoms with Gasteiger partial charge in [0.1, 0.15) is 11.5 Å². The summed E-state index contributed by atoms with van der Waals surface area (Å²) in [6.45, 7) is 0. The molecular formula is C22H20Cl2N2O6. The minimum atomic E-state index is -1.93. The first kappa shape index (κ1) is 21.3. The first-order valence-corrected chi connectivity index (χ1v) is 10.9. The zero-order chi connectivity index (χ0) is 23.2. The summed E-state index contributed by atoms with van der Waals surface area (Å²) in [5.74, 6) is -4.83. The van der Waals surface area contributed by atoms with Crippen molar-refractivity contribution in [1.29, 1.82) is 0 Å². The first-order valence-electron chi connectivity index (χ1n) is 10.2. The summed E-state index contributed by atoms with van der Waals surface area (Å²) >= 11 is 14.0. The molecule has 0 aromatic heterocycles. The van der Waals surface area contributed by atoms with Crippen molar-refractivity contribution in [2.24, 2.45) is 17.8 Å². The average Bonchev–Trinajstić information content (AvgIpc) is 3.13. The number of phenols is 1. The van der Waals surface area contributed by atoms with Crippen molar-refractivity contribution in [2.45, 2.75) is 28.5 Å². The summed E-state index contributed by atoms with van der Waals surface area (Å²) in [4.78, 5) is 48.7. The molecule has 0 radical (unpaired) electrons. The number of alkyl halides is 2. The van der Waals surface area contributed by atoms with E-state index in [2.05, 4.69) is 5.32 Å². The summed E-state index contributed by atoms with van der Waals surface area (Å²) in [6, 6.07) is 4.51. The molecule has 2 N–H and O–H groups in total. The number of methoxy groups -OCH3 is 1. The molecule has 2 aliphatic heterocycles. The van der Waals surface area contributed by atoms with Gasteiger partial charge in [-0.2, -0.15) is 0 Å². The smallest absolute Gasteiger partial charge is 0.253 e. The number of imide groups is 2. The van der Waals surface area contributed by atoms with Crippen molar-refractivity contribution >= 4 is 46.8 Å². The minimum absolute atomic E-state index is 0.0814. The number of halogens is 2. The highest BCUT2D eigenvalue weighted by Gasteiger charge is 2.75. The molecule has 168 valence electrons. The summed E-state index contributed by atoms with van der Waals surface area (Å²) in [5.41, 5.74) is 0.877. The maximum atomic E-state index is 13.4. The number of carbonyl (C=O) groups is 4. The van der Waals surface area contributed by atoms with Gasteiger partial charge in [-0.3, -0.25) is 29.4 Å². The van der Waals surface area contributed by atoms with Crippen molar-refractivity contribution < 1.29 is 29.0 Å². The number of nitrogens with zero attached hydrogens (tertiary/aromatic N) is 1. The predicted octanol–water partition coefficient (Wildman–Crippen LogP) is 1.68. The highest BCUT2D eigenvalue weighted by Crippen LogP contribution is 2.65. The number of benzene rings is 1. The van der Waals surface area contributed by atoms with Gasteiger partial charge in [0, 0.05) is 18.5 Å². The zero-order valence-corrected chi connectivity index (χ0v) is 18.7. The second-order valence-electron chi connectivity index (χ2n) is 8.78. The van der Waals surface area contributed by atoms with E-state index in [0.29, 0.717) is 11.3 Å². The monoisotopic (exact) mass is 478 g/mol. The van der Waals surface area contributed by atoms with Gasteiger partial charge in [0.2, 0.25) is 11.8 Å². The molecule has 1 saturated carbocycles. The fourth-order valence-corrected chi connectivity index (χ4v) is 6.90. The van der Waals surface area contributed by atoms with Crippen molar-refractivity contribution in [2.75, 3.05) is 14.2 Å². The quantitative estimate of drug-likeness (QED) is 0.379. The molecule has 2 heterocycles. The summed E-state index contributed by atoms with van der Waals surface area (Å²) in [7, 11) is 2.77. The summed E-state index contributed by atoms with van der Waals surface area (Å²) in [6.07, 6.45) is 1.99. The van der Waals surface area contributed by atoms with Gasteiger partial charge < -0.3 is 9.84 Å². The van der Waals surface area contributed by atoms with E-state index >= 15 is 0 Å². The van der Waals surface area contributed by atoms with E-state index in [1.807, 2.05) is 0 Å².